The van der Waals surface area contributed by atoms with Gasteiger partial charge in [-0.1, -0.05) is 39.0 Å². The van der Waals surface area contributed by atoms with E-state index in [-0.39, 0.29) is 17.8 Å². The Labute approximate surface area is 90.5 Å². The lowest BCUT2D eigenvalue weighted by molar-refractivity contribution is 0.265. The highest BCUT2D eigenvalue weighted by molar-refractivity contribution is 5.45. The summed E-state index contributed by atoms with van der Waals surface area (Å²) in [4.78, 5) is 0. The molecular formula is C12H19NO2. The molecule has 1 unspecified atom stereocenters. The average molecular weight is 209 g/mol. The van der Waals surface area contributed by atoms with E-state index in [0.717, 1.165) is 5.56 Å². The van der Waals surface area contributed by atoms with Gasteiger partial charge in [0.25, 0.3) is 0 Å². The van der Waals surface area contributed by atoms with Crippen molar-refractivity contribution in [3.63, 3.8) is 0 Å². The maximum absolute atomic E-state index is 10.0. The Morgan fingerprint density at radius 2 is 1.93 bits per heavy atom. The number of aliphatic hydroxyl groups is 1. The molecule has 3 nitrogen and oxygen atoms in total. The molecule has 1 atom stereocenters. The van der Waals surface area contributed by atoms with Gasteiger partial charge in [0.2, 0.25) is 0 Å². The van der Waals surface area contributed by atoms with Crippen LogP contribution >= 0.6 is 0 Å². The lowest BCUT2D eigenvalue weighted by atomic mass is 9.84. The molecule has 0 aliphatic heterocycles. The summed E-state index contributed by atoms with van der Waals surface area (Å²) in [5, 5.41) is 19.0. The van der Waals surface area contributed by atoms with Crippen molar-refractivity contribution in [3.05, 3.63) is 29.3 Å². The monoisotopic (exact) mass is 209 g/mol. The molecule has 0 aliphatic rings. The van der Waals surface area contributed by atoms with Crippen LogP contribution in [-0.2, 0) is 5.41 Å². The van der Waals surface area contributed by atoms with Crippen LogP contribution in [0.4, 0.5) is 0 Å². The van der Waals surface area contributed by atoms with Crippen LogP contribution in [-0.4, -0.2) is 16.8 Å². The zero-order valence-electron chi connectivity index (χ0n) is 9.49. The number of nitrogens with two attached hydrogens (primary N) is 1. The molecular weight excluding hydrogens is 190 g/mol. The van der Waals surface area contributed by atoms with Crippen LogP contribution in [0.2, 0.25) is 0 Å². The van der Waals surface area contributed by atoms with Gasteiger partial charge in [0, 0.05) is 5.56 Å². The summed E-state index contributed by atoms with van der Waals surface area (Å²) in [5.41, 5.74) is 7.02. The third-order valence-electron chi connectivity index (χ3n) is 2.47. The quantitative estimate of drug-likeness (QED) is 0.694. The molecule has 0 spiro atoms. The molecule has 1 aromatic carbocycles. The maximum Gasteiger partial charge on any atom is 0.124 e. The van der Waals surface area contributed by atoms with Crippen molar-refractivity contribution in [1.29, 1.82) is 0 Å². The lowest BCUT2D eigenvalue weighted by Gasteiger charge is -2.23. The zero-order valence-corrected chi connectivity index (χ0v) is 9.49. The zero-order chi connectivity index (χ0) is 11.6. The molecule has 0 bridgehead atoms. The Morgan fingerprint density at radius 1 is 1.33 bits per heavy atom. The van der Waals surface area contributed by atoms with Gasteiger partial charge in [-0.25, -0.2) is 0 Å². The van der Waals surface area contributed by atoms with Crippen LogP contribution < -0.4 is 5.73 Å². The number of para-hydroxylation sites is 1. The Kier molecular flexibility index (Phi) is 3.37. The second-order valence-corrected chi connectivity index (χ2v) is 4.78. The third kappa shape index (κ3) is 2.49. The van der Waals surface area contributed by atoms with E-state index in [9.17, 15) is 5.11 Å². The Balaban J connectivity index is 3.23. The number of aromatic hydroxyl groups is 1. The fourth-order valence-electron chi connectivity index (χ4n) is 1.56. The van der Waals surface area contributed by atoms with Crippen LogP contribution in [0.25, 0.3) is 0 Å². The molecule has 0 radical (unpaired) electrons. The van der Waals surface area contributed by atoms with Gasteiger partial charge in [0.15, 0.2) is 0 Å². The summed E-state index contributed by atoms with van der Waals surface area (Å²) < 4.78 is 0. The van der Waals surface area contributed by atoms with Gasteiger partial charge in [-0.15, -0.1) is 0 Å². The van der Waals surface area contributed by atoms with Gasteiger partial charge in [-0.2, -0.15) is 0 Å². The first-order valence-electron chi connectivity index (χ1n) is 5.06. The smallest absolute Gasteiger partial charge is 0.124 e. The first kappa shape index (κ1) is 12.0. The van der Waals surface area contributed by atoms with E-state index in [1.165, 1.54) is 0 Å². The first-order valence-corrected chi connectivity index (χ1v) is 5.06. The van der Waals surface area contributed by atoms with Gasteiger partial charge in [-0.05, 0) is 11.0 Å². The topological polar surface area (TPSA) is 66.5 Å². The molecule has 0 aliphatic carbocycles. The summed E-state index contributed by atoms with van der Waals surface area (Å²) in [6.45, 7) is 5.91. The van der Waals surface area contributed by atoms with Gasteiger partial charge in [0.05, 0.1) is 12.6 Å². The highest BCUT2D eigenvalue weighted by Gasteiger charge is 2.21. The molecule has 0 fully saturated rings. The van der Waals surface area contributed by atoms with Crippen molar-refractivity contribution in [3.8, 4) is 5.75 Å². The molecule has 0 saturated carbocycles. The SMILES string of the molecule is CC(C)(C)c1cccc(C(N)CO)c1O. The molecule has 84 valence electrons. The molecule has 1 aromatic rings. The maximum atomic E-state index is 10.0. The predicted molar refractivity (Wildman–Crippen MR) is 60.8 cm³/mol. The minimum atomic E-state index is -0.521. The standard InChI is InChI=1S/C12H19NO2/c1-12(2,3)9-6-4-5-8(11(9)15)10(13)7-14/h4-6,10,14-15H,7,13H2,1-3H3. The van der Waals surface area contributed by atoms with Crippen molar-refractivity contribution < 1.29 is 10.2 Å². The highest BCUT2D eigenvalue weighted by Crippen LogP contribution is 2.34. The Bertz CT molecular complexity index is 342. The van der Waals surface area contributed by atoms with E-state index in [0.29, 0.717) is 5.56 Å². The molecule has 3 heteroatoms. The number of phenolic OH excluding ortho intramolecular Hbond substituents is 1. The van der Waals surface area contributed by atoms with Crippen molar-refractivity contribution in [2.24, 2.45) is 5.73 Å². The second-order valence-electron chi connectivity index (χ2n) is 4.78. The van der Waals surface area contributed by atoms with E-state index < -0.39 is 6.04 Å². The number of hydrogen-bond acceptors (Lipinski definition) is 3. The first-order chi connectivity index (χ1) is 6.88. The molecule has 0 amide bonds. The predicted octanol–water partition coefficient (Wildman–Crippen LogP) is 1.68. The van der Waals surface area contributed by atoms with Crippen LogP contribution in [0.5, 0.6) is 5.75 Å². The van der Waals surface area contributed by atoms with E-state index in [2.05, 4.69) is 0 Å². The van der Waals surface area contributed by atoms with Crippen molar-refractivity contribution in [1.82, 2.24) is 0 Å². The normalized spacial score (nSPS) is 13.9. The van der Waals surface area contributed by atoms with Gasteiger partial charge in [-0.3, -0.25) is 0 Å². The Morgan fingerprint density at radius 3 is 2.40 bits per heavy atom. The van der Waals surface area contributed by atoms with Crippen LogP contribution in [0.1, 0.15) is 37.9 Å². The summed E-state index contributed by atoms with van der Waals surface area (Å²) in [6, 6.07) is 4.95. The largest absolute Gasteiger partial charge is 0.507 e. The minimum Gasteiger partial charge on any atom is -0.507 e. The third-order valence-corrected chi connectivity index (χ3v) is 2.47. The van der Waals surface area contributed by atoms with Gasteiger partial charge >= 0.3 is 0 Å². The van der Waals surface area contributed by atoms with Crippen molar-refractivity contribution >= 4 is 0 Å². The van der Waals surface area contributed by atoms with Crippen molar-refractivity contribution in [2.75, 3.05) is 6.61 Å². The summed E-state index contributed by atoms with van der Waals surface area (Å²) in [5.74, 6) is 0.201. The second kappa shape index (κ2) is 4.21. The summed E-state index contributed by atoms with van der Waals surface area (Å²) >= 11 is 0. The Hall–Kier alpha value is -1.06. The molecule has 0 saturated heterocycles. The van der Waals surface area contributed by atoms with E-state index in [1.54, 1.807) is 6.07 Å². The van der Waals surface area contributed by atoms with Gasteiger partial charge in [0.1, 0.15) is 5.75 Å². The minimum absolute atomic E-state index is 0.130. The molecule has 4 N–H and O–H groups in total. The van der Waals surface area contributed by atoms with Crippen LogP contribution in [0.3, 0.4) is 0 Å². The summed E-state index contributed by atoms with van der Waals surface area (Å²) in [7, 11) is 0. The van der Waals surface area contributed by atoms with Crippen LogP contribution in [0, 0.1) is 0 Å². The molecule has 0 heterocycles. The van der Waals surface area contributed by atoms with E-state index >= 15 is 0 Å². The van der Waals surface area contributed by atoms with Gasteiger partial charge < -0.3 is 15.9 Å². The highest BCUT2D eigenvalue weighted by atomic mass is 16.3. The van der Waals surface area contributed by atoms with E-state index in [1.807, 2.05) is 32.9 Å². The number of rotatable bonds is 2. The number of phenols is 1. The van der Waals surface area contributed by atoms with E-state index in [4.69, 9.17) is 10.8 Å². The molecule has 0 aromatic heterocycles. The van der Waals surface area contributed by atoms with Crippen molar-refractivity contribution in [2.45, 2.75) is 32.2 Å². The lowest BCUT2D eigenvalue weighted by Crippen LogP contribution is -2.17. The fraction of sp³-hybridized carbons (Fsp3) is 0.500. The number of benzene rings is 1. The summed E-state index contributed by atoms with van der Waals surface area (Å²) in [6.07, 6.45) is 0. The van der Waals surface area contributed by atoms with Crippen LogP contribution in [0.15, 0.2) is 18.2 Å². The number of aliphatic hydroxyl groups excluding tert-OH is 1. The fourth-order valence-corrected chi connectivity index (χ4v) is 1.56. The number of hydrogen-bond donors (Lipinski definition) is 3. The molecule has 15 heavy (non-hydrogen) atoms. The molecule has 1 rings (SSSR count). The average Bonchev–Trinajstić information content (AvgIpc) is 2.15.